The van der Waals surface area contributed by atoms with Crippen molar-refractivity contribution in [2.45, 2.75) is 51.9 Å². The Kier molecular flexibility index (Phi) is 5.96. The van der Waals surface area contributed by atoms with Crippen LogP contribution in [0.25, 0.3) is 0 Å². The number of nitrogens with zero attached hydrogens (tertiary/aromatic N) is 5. The fourth-order valence-electron chi connectivity index (χ4n) is 5.05. The molecule has 2 aromatic heterocycles. The van der Waals surface area contributed by atoms with Gasteiger partial charge in [0.1, 0.15) is 0 Å². The molecule has 7 nitrogen and oxygen atoms in total. The molecule has 1 amide bonds. The van der Waals surface area contributed by atoms with Gasteiger partial charge in [-0.25, -0.2) is 4.98 Å². The molecule has 0 aromatic carbocycles. The molecule has 29 heavy (non-hydrogen) atoms. The molecule has 0 spiro atoms. The quantitative estimate of drug-likeness (QED) is 0.808. The van der Waals surface area contributed by atoms with Crippen molar-refractivity contribution in [1.82, 2.24) is 29.7 Å². The van der Waals surface area contributed by atoms with Crippen LogP contribution in [0.5, 0.6) is 0 Å². The van der Waals surface area contributed by atoms with Crippen LogP contribution in [-0.2, 0) is 24.4 Å². The second kappa shape index (κ2) is 8.63. The highest BCUT2D eigenvalue weighted by atomic mass is 16.2. The highest BCUT2D eigenvalue weighted by molar-refractivity contribution is 5.83. The van der Waals surface area contributed by atoms with E-state index >= 15 is 0 Å². The zero-order valence-electron chi connectivity index (χ0n) is 17.5. The Morgan fingerprint density at radius 3 is 2.86 bits per heavy atom. The minimum absolute atomic E-state index is 0.207. The number of piperidine rings is 2. The molecule has 2 aliphatic rings. The van der Waals surface area contributed by atoms with E-state index in [9.17, 15) is 4.79 Å². The highest BCUT2D eigenvalue weighted by Crippen LogP contribution is 2.43. The zero-order valence-corrected chi connectivity index (χ0v) is 17.5. The summed E-state index contributed by atoms with van der Waals surface area (Å²) in [6, 6.07) is 4.39. The van der Waals surface area contributed by atoms with Crippen molar-refractivity contribution in [2.24, 2.45) is 5.41 Å². The number of fused-ring (bicyclic) bond motifs is 1. The molecule has 7 heteroatoms. The Hall–Kier alpha value is -2.25. The number of rotatable bonds is 6. The molecule has 4 heterocycles. The van der Waals surface area contributed by atoms with Crippen molar-refractivity contribution in [3.8, 4) is 0 Å². The average Bonchev–Trinajstić information content (AvgIpc) is 3.21. The van der Waals surface area contributed by atoms with E-state index in [0.717, 1.165) is 57.7 Å². The maximum Gasteiger partial charge on any atom is 0.228 e. The largest absolute Gasteiger partial charge is 0.350 e. The number of aromatic nitrogens is 3. The van der Waals surface area contributed by atoms with Gasteiger partial charge in [0.15, 0.2) is 0 Å². The first kappa shape index (κ1) is 20.0. The SMILES string of the molecule is CCn1cncc1CNC(=O)[C@@]12CCCN(Cc3ccncc3)[C@H]1CN(C)CC2. The van der Waals surface area contributed by atoms with E-state index in [-0.39, 0.29) is 17.4 Å². The van der Waals surface area contributed by atoms with Gasteiger partial charge >= 0.3 is 0 Å². The van der Waals surface area contributed by atoms with Gasteiger partial charge in [0.05, 0.1) is 24.0 Å². The summed E-state index contributed by atoms with van der Waals surface area (Å²) >= 11 is 0. The Balaban J connectivity index is 1.52. The fraction of sp³-hybridized carbons (Fsp3) is 0.591. The molecule has 1 N–H and O–H groups in total. The van der Waals surface area contributed by atoms with Crippen molar-refractivity contribution in [2.75, 3.05) is 26.7 Å². The third-order valence-corrected chi connectivity index (χ3v) is 6.73. The Labute approximate surface area is 173 Å². The normalized spacial score (nSPS) is 25.5. The summed E-state index contributed by atoms with van der Waals surface area (Å²) in [6.45, 7) is 7.32. The monoisotopic (exact) mass is 396 g/mol. The molecule has 156 valence electrons. The van der Waals surface area contributed by atoms with Crippen molar-refractivity contribution < 1.29 is 4.79 Å². The molecule has 2 aliphatic heterocycles. The van der Waals surface area contributed by atoms with E-state index in [0.29, 0.717) is 6.54 Å². The number of imidazole rings is 1. The number of nitrogens with one attached hydrogen (secondary N) is 1. The number of pyridine rings is 1. The van der Waals surface area contributed by atoms with E-state index in [2.05, 4.69) is 55.8 Å². The van der Waals surface area contributed by atoms with Crippen LogP contribution < -0.4 is 5.32 Å². The number of carbonyl (C=O) groups is 1. The van der Waals surface area contributed by atoms with Crippen LogP contribution in [0.3, 0.4) is 0 Å². The summed E-state index contributed by atoms with van der Waals surface area (Å²) < 4.78 is 2.08. The minimum atomic E-state index is -0.311. The Bertz CT molecular complexity index is 822. The summed E-state index contributed by atoms with van der Waals surface area (Å²) in [4.78, 5) is 26.8. The number of amides is 1. The lowest BCUT2D eigenvalue weighted by atomic mass is 9.67. The second-order valence-corrected chi connectivity index (χ2v) is 8.47. The van der Waals surface area contributed by atoms with Gasteiger partial charge in [0.2, 0.25) is 5.91 Å². The zero-order chi connectivity index (χ0) is 20.3. The van der Waals surface area contributed by atoms with Crippen LogP contribution in [0, 0.1) is 5.41 Å². The topological polar surface area (TPSA) is 66.3 Å². The van der Waals surface area contributed by atoms with Crippen molar-refractivity contribution >= 4 is 5.91 Å². The van der Waals surface area contributed by atoms with Crippen LogP contribution in [0.1, 0.15) is 37.4 Å². The predicted octanol–water partition coefficient (Wildman–Crippen LogP) is 1.90. The number of likely N-dealkylation sites (tertiary alicyclic amines) is 2. The van der Waals surface area contributed by atoms with Gasteiger partial charge in [-0.3, -0.25) is 14.7 Å². The first-order valence-corrected chi connectivity index (χ1v) is 10.7. The van der Waals surface area contributed by atoms with Gasteiger partial charge in [0.25, 0.3) is 0 Å². The number of hydrogen-bond acceptors (Lipinski definition) is 5. The summed E-state index contributed by atoms with van der Waals surface area (Å²) in [5, 5.41) is 3.26. The molecule has 2 fully saturated rings. The van der Waals surface area contributed by atoms with E-state index in [1.54, 1.807) is 0 Å². The molecule has 2 atom stereocenters. The lowest BCUT2D eigenvalue weighted by Gasteiger charge is -2.53. The maximum atomic E-state index is 13.6. The molecule has 2 aromatic rings. The van der Waals surface area contributed by atoms with Gasteiger partial charge in [0, 0.05) is 44.3 Å². The standard InChI is InChI=1S/C22H32N6O/c1-3-27-17-24-13-19(27)14-25-21(29)22-7-4-11-28(15-18-5-9-23-10-6-18)20(22)16-26(2)12-8-22/h5-6,9-10,13,17,20H,3-4,7-8,11-12,14-16H2,1-2H3,(H,25,29)/t20-,22+/m0/s1. The summed E-state index contributed by atoms with van der Waals surface area (Å²) in [7, 11) is 2.17. The minimum Gasteiger partial charge on any atom is -0.350 e. The first-order valence-electron chi connectivity index (χ1n) is 10.7. The van der Waals surface area contributed by atoms with Crippen molar-refractivity contribution in [3.63, 3.8) is 0 Å². The van der Waals surface area contributed by atoms with Crippen LogP contribution in [0.15, 0.2) is 37.1 Å². The van der Waals surface area contributed by atoms with E-state index in [4.69, 9.17) is 0 Å². The highest BCUT2D eigenvalue weighted by Gasteiger charge is 2.52. The number of likely N-dealkylation sites (N-methyl/N-ethyl adjacent to an activating group) is 1. The van der Waals surface area contributed by atoms with E-state index in [1.165, 1.54) is 5.56 Å². The molecule has 4 rings (SSSR count). The Morgan fingerprint density at radius 1 is 1.24 bits per heavy atom. The van der Waals surface area contributed by atoms with Gasteiger partial charge < -0.3 is 14.8 Å². The second-order valence-electron chi connectivity index (χ2n) is 8.47. The third-order valence-electron chi connectivity index (χ3n) is 6.73. The predicted molar refractivity (Wildman–Crippen MR) is 112 cm³/mol. The van der Waals surface area contributed by atoms with Crippen molar-refractivity contribution in [3.05, 3.63) is 48.3 Å². The number of aryl methyl sites for hydroxylation is 1. The average molecular weight is 397 g/mol. The molecular weight excluding hydrogens is 364 g/mol. The third kappa shape index (κ3) is 4.07. The lowest BCUT2D eigenvalue weighted by molar-refractivity contribution is -0.145. The van der Waals surface area contributed by atoms with Crippen LogP contribution >= 0.6 is 0 Å². The fourth-order valence-corrected chi connectivity index (χ4v) is 5.05. The van der Waals surface area contributed by atoms with Gasteiger partial charge in [-0.15, -0.1) is 0 Å². The lowest BCUT2D eigenvalue weighted by Crippen LogP contribution is -2.65. The molecule has 2 saturated heterocycles. The molecule has 0 saturated carbocycles. The summed E-state index contributed by atoms with van der Waals surface area (Å²) in [6.07, 6.45) is 10.3. The van der Waals surface area contributed by atoms with Crippen LogP contribution in [0.4, 0.5) is 0 Å². The van der Waals surface area contributed by atoms with Gasteiger partial charge in [-0.2, -0.15) is 0 Å². The molecular formula is C22H32N6O. The smallest absolute Gasteiger partial charge is 0.228 e. The van der Waals surface area contributed by atoms with Gasteiger partial charge in [-0.1, -0.05) is 0 Å². The Morgan fingerprint density at radius 2 is 2.07 bits per heavy atom. The first-order chi connectivity index (χ1) is 14.1. The van der Waals surface area contributed by atoms with E-state index < -0.39 is 0 Å². The molecule has 0 radical (unpaired) electrons. The summed E-state index contributed by atoms with van der Waals surface area (Å²) in [5.74, 6) is 0.207. The molecule has 0 bridgehead atoms. The van der Waals surface area contributed by atoms with Crippen molar-refractivity contribution in [1.29, 1.82) is 0 Å². The van der Waals surface area contributed by atoms with Crippen LogP contribution in [0.2, 0.25) is 0 Å². The number of hydrogen-bond donors (Lipinski definition) is 1. The maximum absolute atomic E-state index is 13.6. The molecule has 0 aliphatic carbocycles. The number of carbonyl (C=O) groups excluding carboxylic acids is 1. The van der Waals surface area contributed by atoms with E-state index in [1.807, 2.05) is 24.9 Å². The summed E-state index contributed by atoms with van der Waals surface area (Å²) in [5.41, 5.74) is 2.01. The van der Waals surface area contributed by atoms with Crippen LogP contribution in [-0.4, -0.2) is 63.0 Å². The molecule has 0 unspecified atom stereocenters. The van der Waals surface area contributed by atoms with Gasteiger partial charge in [-0.05, 0) is 64.0 Å².